The van der Waals surface area contributed by atoms with Crippen LogP contribution in [0.2, 0.25) is 0 Å². The van der Waals surface area contributed by atoms with Crippen LogP contribution in [0.1, 0.15) is 11.1 Å². The lowest BCUT2D eigenvalue weighted by molar-refractivity contribution is 0.411. The number of methoxy groups -OCH3 is 2. The standard InChI is InChI=1S/C24H22N2O2Si.C18H15B/c1-27-21-10-6-8-19(16-21)24(26-15-14-25-18-26,29-23-12-4-3-5-13-23)20-9-7-11-22(17-20)28-2;1-4-10-16(11-5-1)19(17-12-6-2-7-13-17)18-14-8-3-9-15-18/h3-18H,1-2H3;1-15H. The molecule has 6 aromatic carbocycles. The Morgan fingerprint density at radius 3 is 1.38 bits per heavy atom. The van der Waals surface area contributed by atoms with Gasteiger partial charge in [-0.05, 0) is 35.4 Å². The number of ether oxygens (including phenoxy) is 2. The summed E-state index contributed by atoms with van der Waals surface area (Å²) in [4.78, 5) is 4.37. The molecule has 0 saturated heterocycles. The third-order valence-corrected chi connectivity index (χ3v) is 10.2. The van der Waals surface area contributed by atoms with Crippen molar-refractivity contribution in [1.82, 2.24) is 9.55 Å². The Kier molecular flexibility index (Phi) is 10.7. The van der Waals surface area contributed by atoms with E-state index in [0.717, 1.165) is 22.6 Å². The molecule has 0 atom stereocenters. The number of imidazole rings is 1. The Hall–Kier alpha value is -5.59. The van der Waals surface area contributed by atoms with E-state index in [1.807, 2.05) is 49.1 Å². The predicted molar refractivity (Wildman–Crippen MR) is 200 cm³/mol. The van der Waals surface area contributed by atoms with Gasteiger partial charge >= 0.3 is 0 Å². The van der Waals surface area contributed by atoms with Gasteiger partial charge in [-0.1, -0.05) is 167 Å². The van der Waals surface area contributed by atoms with E-state index in [2.05, 4.69) is 149 Å². The van der Waals surface area contributed by atoms with Crippen molar-refractivity contribution < 1.29 is 9.47 Å². The SMILES string of the molecule is COc1cccc(C([Si]c2ccccc2)(c2cccc(OC)c2)n2ccnc2)c1.c1ccc(B(c2ccccc2)c2ccccc2)cc1. The first-order valence-corrected chi connectivity index (χ1v) is 17.0. The van der Waals surface area contributed by atoms with E-state index >= 15 is 0 Å². The maximum Gasteiger partial charge on any atom is 0.241 e. The lowest BCUT2D eigenvalue weighted by Gasteiger charge is -2.36. The van der Waals surface area contributed by atoms with Crippen LogP contribution in [0.5, 0.6) is 11.5 Å². The Balaban J connectivity index is 0.000000182. The van der Waals surface area contributed by atoms with Gasteiger partial charge in [-0.25, -0.2) is 4.98 Å². The minimum Gasteiger partial charge on any atom is -0.497 e. The summed E-state index contributed by atoms with van der Waals surface area (Å²) in [5.41, 5.74) is 6.26. The maximum atomic E-state index is 5.55. The van der Waals surface area contributed by atoms with Crippen molar-refractivity contribution in [3.8, 4) is 11.5 Å². The fourth-order valence-corrected chi connectivity index (χ4v) is 7.71. The molecule has 0 N–H and O–H groups in total. The van der Waals surface area contributed by atoms with Gasteiger partial charge in [0.2, 0.25) is 6.71 Å². The summed E-state index contributed by atoms with van der Waals surface area (Å²) >= 11 is 0. The molecule has 234 valence electrons. The molecule has 0 bridgehead atoms. The largest absolute Gasteiger partial charge is 0.497 e. The molecule has 48 heavy (non-hydrogen) atoms. The lowest BCUT2D eigenvalue weighted by Crippen LogP contribution is -2.51. The highest BCUT2D eigenvalue weighted by molar-refractivity contribution is 6.95. The normalized spacial score (nSPS) is 10.8. The predicted octanol–water partition coefficient (Wildman–Crippen LogP) is 5.88. The van der Waals surface area contributed by atoms with Gasteiger partial charge in [0.1, 0.15) is 21.0 Å². The third kappa shape index (κ3) is 7.35. The van der Waals surface area contributed by atoms with Gasteiger partial charge in [0.15, 0.2) is 0 Å². The van der Waals surface area contributed by atoms with Gasteiger partial charge in [0, 0.05) is 12.4 Å². The van der Waals surface area contributed by atoms with E-state index in [0.29, 0.717) is 16.2 Å². The molecule has 0 aliphatic carbocycles. The molecule has 0 aliphatic heterocycles. The molecular weight excluding hydrogens is 603 g/mol. The Morgan fingerprint density at radius 2 is 0.979 bits per heavy atom. The summed E-state index contributed by atoms with van der Waals surface area (Å²) < 4.78 is 13.3. The topological polar surface area (TPSA) is 36.3 Å². The van der Waals surface area contributed by atoms with Crippen molar-refractivity contribution in [2.45, 2.75) is 5.16 Å². The number of rotatable bonds is 10. The van der Waals surface area contributed by atoms with Crippen molar-refractivity contribution in [2.75, 3.05) is 14.2 Å². The van der Waals surface area contributed by atoms with Crippen molar-refractivity contribution in [2.24, 2.45) is 0 Å². The Morgan fingerprint density at radius 1 is 0.542 bits per heavy atom. The molecule has 4 nitrogen and oxygen atoms in total. The van der Waals surface area contributed by atoms with Crippen molar-refractivity contribution in [1.29, 1.82) is 0 Å². The van der Waals surface area contributed by atoms with Crippen LogP contribution in [0, 0.1) is 0 Å². The number of benzene rings is 6. The average molecular weight is 641 g/mol. The molecule has 1 heterocycles. The minimum absolute atomic E-state index is 0.309. The van der Waals surface area contributed by atoms with Crippen molar-refractivity contribution in [3.63, 3.8) is 0 Å². The fraction of sp³-hybridized carbons (Fsp3) is 0.0714. The monoisotopic (exact) mass is 640 g/mol. The van der Waals surface area contributed by atoms with Crippen LogP contribution in [0.25, 0.3) is 0 Å². The molecule has 0 amide bonds. The second-order valence-electron chi connectivity index (χ2n) is 11.3. The first kappa shape index (κ1) is 32.4. The fourth-order valence-electron chi connectivity index (χ4n) is 6.07. The molecule has 0 fully saturated rings. The number of hydrogen-bond acceptors (Lipinski definition) is 3. The van der Waals surface area contributed by atoms with E-state index in [4.69, 9.17) is 9.47 Å². The molecule has 1 aromatic heterocycles. The smallest absolute Gasteiger partial charge is 0.241 e. The zero-order valence-electron chi connectivity index (χ0n) is 27.2. The highest BCUT2D eigenvalue weighted by Gasteiger charge is 2.38. The first-order chi connectivity index (χ1) is 23.7. The van der Waals surface area contributed by atoms with Crippen molar-refractivity contribution >= 4 is 37.8 Å². The van der Waals surface area contributed by atoms with Crippen molar-refractivity contribution in [3.05, 3.63) is 200 Å². The Labute approximate surface area is 286 Å². The minimum atomic E-state index is -0.485. The zero-order valence-corrected chi connectivity index (χ0v) is 28.2. The zero-order chi connectivity index (χ0) is 33.0. The molecule has 6 heteroatoms. The van der Waals surface area contributed by atoms with E-state index in [-0.39, 0.29) is 0 Å². The molecule has 0 saturated carbocycles. The van der Waals surface area contributed by atoms with Crippen LogP contribution < -0.4 is 31.0 Å². The molecule has 7 aromatic rings. The van der Waals surface area contributed by atoms with Crippen LogP contribution in [0.4, 0.5) is 0 Å². The second-order valence-corrected chi connectivity index (χ2v) is 12.9. The van der Waals surface area contributed by atoms with E-state index in [1.165, 1.54) is 21.6 Å². The van der Waals surface area contributed by atoms with Crippen LogP contribution >= 0.6 is 0 Å². The molecular formula is C42H37BN2O2Si. The van der Waals surface area contributed by atoms with E-state index in [9.17, 15) is 0 Å². The van der Waals surface area contributed by atoms with Crippen LogP contribution in [-0.2, 0) is 5.16 Å². The third-order valence-electron chi connectivity index (χ3n) is 8.36. The van der Waals surface area contributed by atoms with E-state index in [1.54, 1.807) is 14.2 Å². The molecule has 2 radical (unpaired) electrons. The lowest BCUT2D eigenvalue weighted by atomic mass is 9.37. The van der Waals surface area contributed by atoms with Crippen LogP contribution in [-0.4, -0.2) is 40.0 Å². The number of hydrogen-bond donors (Lipinski definition) is 0. The quantitative estimate of drug-likeness (QED) is 0.175. The van der Waals surface area contributed by atoms with Gasteiger partial charge in [0.25, 0.3) is 0 Å². The number of aromatic nitrogens is 2. The van der Waals surface area contributed by atoms with Gasteiger partial charge < -0.3 is 14.0 Å². The van der Waals surface area contributed by atoms with Gasteiger partial charge in [-0.15, -0.1) is 0 Å². The van der Waals surface area contributed by atoms with Gasteiger partial charge in [0.05, 0.1) is 25.7 Å². The summed E-state index contributed by atoms with van der Waals surface area (Å²) in [6.07, 6.45) is 5.73. The summed E-state index contributed by atoms with van der Waals surface area (Å²) in [5.74, 6) is 1.65. The Bertz CT molecular complexity index is 1830. The van der Waals surface area contributed by atoms with Crippen LogP contribution in [0.15, 0.2) is 189 Å². The van der Waals surface area contributed by atoms with Gasteiger partial charge in [-0.2, -0.15) is 0 Å². The first-order valence-electron chi connectivity index (χ1n) is 16.0. The molecule has 0 aliphatic rings. The highest BCUT2D eigenvalue weighted by atomic mass is 28.2. The molecule has 7 rings (SSSR count). The summed E-state index contributed by atoms with van der Waals surface area (Å²) in [6, 6.07) is 59.1. The maximum absolute atomic E-state index is 5.55. The summed E-state index contributed by atoms with van der Waals surface area (Å²) in [5, 5.41) is 0.771. The summed E-state index contributed by atoms with van der Waals surface area (Å²) in [7, 11) is 3.82. The van der Waals surface area contributed by atoms with Crippen LogP contribution in [0.3, 0.4) is 0 Å². The molecule has 0 unspecified atom stereocenters. The average Bonchev–Trinajstić information content (AvgIpc) is 3.72. The number of nitrogens with zero attached hydrogens (tertiary/aromatic N) is 2. The second kappa shape index (κ2) is 15.8. The highest BCUT2D eigenvalue weighted by Crippen LogP contribution is 2.36. The van der Waals surface area contributed by atoms with E-state index < -0.39 is 5.16 Å². The summed E-state index contributed by atoms with van der Waals surface area (Å²) in [6.45, 7) is 0.309. The van der Waals surface area contributed by atoms with Gasteiger partial charge in [-0.3, -0.25) is 0 Å². The molecule has 0 spiro atoms.